The summed E-state index contributed by atoms with van der Waals surface area (Å²) >= 11 is 0. The lowest BCUT2D eigenvalue weighted by Crippen LogP contribution is -2.76. The molecule has 2 fully saturated rings. The summed E-state index contributed by atoms with van der Waals surface area (Å²) in [4.78, 5) is 80.3. The van der Waals surface area contributed by atoms with Gasteiger partial charge in [0.15, 0.2) is 16.6 Å². The zero-order valence-electron chi connectivity index (χ0n) is 27.6. The second kappa shape index (κ2) is 14.1. The summed E-state index contributed by atoms with van der Waals surface area (Å²) in [6.45, 7) is 4.78. The normalized spacial score (nSPS) is 25.4. The third-order valence-electron chi connectivity index (χ3n) is 8.80. The Hall–Kier alpha value is -4.43. The zero-order chi connectivity index (χ0) is 34.6. The van der Waals surface area contributed by atoms with E-state index < -0.39 is 64.3 Å². The van der Waals surface area contributed by atoms with E-state index in [9.17, 15) is 24.3 Å². The van der Waals surface area contributed by atoms with Gasteiger partial charge in [-0.05, 0) is 71.3 Å². The van der Waals surface area contributed by atoms with E-state index >= 15 is 4.79 Å². The number of carbonyl (C=O) groups excluding carboxylic acids is 4. The lowest BCUT2D eigenvalue weighted by Gasteiger charge is -2.61. The van der Waals surface area contributed by atoms with Gasteiger partial charge in [0.05, 0.1) is 37.7 Å². The van der Waals surface area contributed by atoms with E-state index in [2.05, 4.69) is 15.3 Å². The number of unbranched alkanes of at least 4 members (excludes halogenated alkanes) is 1. The maximum absolute atomic E-state index is 15.1. The van der Waals surface area contributed by atoms with Gasteiger partial charge in [-0.15, -0.1) is 0 Å². The summed E-state index contributed by atoms with van der Waals surface area (Å²) in [6.07, 6.45) is 3.36. The monoisotopic (exact) mass is 653 g/mol. The largest absolute Gasteiger partial charge is 0.480 e. The molecular weight excluding hydrogens is 610 g/mol. The summed E-state index contributed by atoms with van der Waals surface area (Å²) in [7, 11) is 3.98. The topological polar surface area (TPSA) is 178 Å². The molecular formula is C33H43N5O9. The molecule has 2 aliphatic rings. The van der Waals surface area contributed by atoms with Crippen LogP contribution >= 0.6 is 0 Å². The lowest BCUT2D eigenvalue weighted by atomic mass is 9.54. The van der Waals surface area contributed by atoms with Crippen LogP contribution in [0, 0.1) is 10.8 Å². The van der Waals surface area contributed by atoms with Crippen molar-refractivity contribution < 1.29 is 43.3 Å². The molecule has 2 aromatic rings. The Morgan fingerprint density at radius 2 is 1.45 bits per heavy atom. The molecule has 0 spiro atoms. The van der Waals surface area contributed by atoms with Gasteiger partial charge in [-0.1, -0.05) is 12.1 Å². The third kappa shape index (κ3) is 6.70. The van der Waals surface area contributed by atoms with E-state index in [0.717, 1.165) is 14.2 Å². The van der Waals surface area contributed by atoms with Gasteiger partial charge in [-0.3, -0.25) is 38.9 Å². The number of carbonyl (C=O) groups is 5. The van der Waals surface area contributed by atoms with Crippen LogP contribution in [0.4, 0.5) is 4.79 Å². The summed E-state index contributed by atoms with van der Waals surface area (Å²) in [5, 5.41) is 13.2. The number of ketones is 1. The maximum atomic E-state index is 15.1. The average Bonchev–Trinajstić information content (AvgIpc) is 3.03. The Balaban J connectivity index is 1.81. The van der Waals surface area contributed by atoms with Crippen LogP contribution < -0.4 is 5.32 Å². The van der Waals surface area contributed by atoms with E-state index in [1.54, 1.807) is 69.1 Å². The van der Waals surface area contributed by atoms with Crippen molar-refractivity contribution in [1.29, 1.82) is 0 Å². The molecule has 2 N–H and O–H groups in total. The fraction of sp³-hybridized carbons (Fsp3) is 0.545. The van der Waals surface area contributed by atoms with Crippen LogP contribution in [-0.4, -0.2) is 107 Å². The molecule has 2 aromatic heterocycles. The van der Waals surface area contributed by atoms with Crippen molar-refractivity contribution in [3.8, 4) is 0 Å². The number of alkyl carbamates (subject to hydrolysis) is 1. The highest BCUT2D eigenvalue weighted by atomic mass is 16.6. The van der Waals surface area contributed by atoms with E-state index in [1.165, 1.54) is 17.3 Å². The molecule has 254 valence electrons. The highest BCUT2D eigenvalue weighted by Gasteiger charge is 2.75. The third-order valence-corrected chi connectivity index (χ3v) is 8.80. The Labute approximate surface area is 273 Å². The number of amides is 1. The van der Waals surface area contributed by atoms with Crippen molar-refractivity contribution in [2.45, 2.75) is 63.8 Å². The first-order valence-corrected chi connectivity index (χ1v) is 15.4. The minimum absolute atomic E-state index is 0.0897. The summed E-state index contributed by atoms with van der Waals surface area (Å²) < 4.78 is 15.8. The first-order chi connectivity index (χ1) is 22.2. The van der Waals surface area contributed by atoms with Gasteiger partial charge in [0.2, 0.25) is 0 Å². The quantitative estimate of drug-likeness (QED) is 0.157. The number of hydrogen-bond acceptors (Lipinski definition) is 12. The van der Waals surface area contributed by atoms with Crippen molar-refractivity contribution >= 4 is 29.8 Å². The smallest absolute Gasteiger partial charge is 0.407 e. The van der Waals surface area contributed by atoms with Crippen molar-refractivity contribution in [2.75, 3.05) is 40.9 Å². The number of likely N-dealkylation sites (tertiary alicyclic amines) is 2. The van der Waals surface area contributed by atoms with E-state index in [4.69, 9.17) is 14.2 Å². The minimum atomic E-state index is -2.07. The van der Waals surface area contributed by atoms with Crippen LogP contribution in [0.15, 0.2) is 48.8 Å². The molecule has 4 heterocycles. The number of esters is 2. The minimum Gasteiger partial charge on any atom is -0.480 e. The molecule has 0 aliphatic carbocycles. The number of rotatable bonds is 11. The maximum Gasteiger partial charge on any atom is 0.407 e. The molecule has 14 heteroatoms. The van der Waals surface area contributed by atoms with Crippen LogP contribution in [0.2, 0.25) is 0 Å². The molecule has 47 heavy (non-hydrogen) atoms. The number of methoxy groups -OCH3 is 2. The van der Waals surface area contributed by atoms with Crippen LogP contribution in [-0.2, 0) is 33.4 Å². The predicted octanol–water partition coefficient (Wildman–Crippen LogP) is 2.56. The van der Waals surface area contributed by atoms with Crippen molar-refractivity contribution in [1.82, 2.24) is 25.1 Å². The average molecular weight is 654 g/mol. The number of aromatic nitrogens is 2. The number of hydrogen-bond donors (Lipinski definition) is 2. The predicted molar refractivity (Wildman–Crippen MR) is 167 cm³/mol. The van der Waals surface area contributed by atoms with E-state index in [1.807, 2.05) is 0 Å². The van der Waals surface area contributed by atoms with Gasteiger partial charge >= 0.3 is 24.0 Å². The first kappa shape index (κ1) is 35.4. The second-order valence-corrected chi connectivity index (χ2v) is 12.9. The molecule has 0 saturated carbocycles. The molecule has 4 unspecified atom stereocenters. The van der Waals surface area contributed by atoms with Crippen LogP contribution in [0.1, 0.15) is 63.5 Å². The Morgan fingerprint density at radius 1 is 0.936 bits per heavy atom. The van der Waals surface area contributed by atoms with Gasteiger partial charge in [0.1, 0.15) is 11.6 Å². The fourth-order valence-corrected chi connectivity index (χ4v) is 7.05. The number of fused-ring (bicyclic) bond motifs is 2. The van der Waals surface area contributed by atoms with Gasteiger partial charge in [-0.25, -0.2) is 4.79 Å². The van der Waals surface area contributed by atoms with Gasteiger partial charge in [0, 0.05) is 32.0 Å². The van der Waals surface area contributed by atoms with Crippen molar-refractivity contribution in [3.63, 3.8) is 0 Å². The van der Waals surface area contributed by atoms with Gasteiger partial charge < -0.3 is 24.6 Å². The SMILES string of the molecule is COC(=O)C12CN([C@@H](CCCCNC(=O)OC(C)(C)C)C(=O)O)CC(C(=O)OC)(C1=O)C(c1ccccn1)N(C)C2c1ccccn1. The number of Topliss-reactive ketones (excluding diaryl/α,β-unsaturated/α-hetero) is 1. The molecule has 5 atom stereocenters. The second-order valence-electron chi connectivity index (χ2n) is 12.9. The van der Waals surface area contributed by atoms with Gasteiger partial charge in [-0.2, -0.15) is 0 Å². The first-order valence-electron chi connectivity index (χ1n) is 15.4. The molecule has 0 aromatic carbocycles. The molecule has 2 aliphatic heterocycles. The summed E-state index contributed by atoms with van der Waals surface area (Å²) in [5.74, 6) is -3.79. The van der Waals surface area contributed by atoms with E-state index in [-0.39, 0.29) is 26.1 Å². The lowest BCUT2D eigenvalue weighted by molar-refractivity contribution is -0.207. The number of ether oxygens (including phenoxy) is 3. The number of pyridine rings is 2. The van der Waals surface area contributed by atoms with Crippen molar-refractivity contribution in [3.05, 3.63) is 60.2 Å². The van der Waals surface area contributed by atoms with Crippen LogP contribution in [0.3, 0.4) is 0 Å². The molecule has 2 bridgehead atoms. The highest BCUT2D eigenvalue weighted by Crippen LogP contribution is 2.60. The van der Waals surface area contributed by atoms with Crippen LogP contribution in [0.25, 0.3) is 0 Å². The highest BCUT2D eigenvalue weighted by molar-refractivity contribution is 6.17. The standard InChI is InChI=1S/C33H43N5O9/c1-31(2,3)47-30(44)36-18-12-9-15-23(26(39)40)38-19-32(28(42)45-5)24(21-13-7-10-16-34-21)37(4)25(22-14-8-11-17-35-22)33(20-38,27(32)41)29(43)46-6/h7-8,10-11,13-14,16-17,23-25H,9,12,15,18-20H2,1-6H3,(H,36,44)(H,39,40)/t23-,24?,25?,32?,33?/m0/s1. The fourth-order valence-electron chi connectivity index (χ4n) is 7.05. The zero-order valence-corrected chi connectivity index (χ0v) is 27.6. The number of carboxylic acid groups (broad SMARTS) is 1. The number of piperidine rings is 2. The molecule has 1 amide bonds. The molecule has 2 saturated heterocycles. The summed E-state index contributed by atoms with van der Waals surface area (Å²) in [6, 6.07) is 6.82. The molecule has 14 nitrogen and oxygen atoms in total. The molecule has 4 rings (SSSR count). The molecule has 0 radical (unpaired) electrons. The number of nitrogens with one attached hydrogen (secondary N) is 1. The Kier molecular flexibility index (Phi) is 10.7. The van der Waals surface area contributed by atoms with Crippen molar-refractivity contribution in [2.24, 2.45) is 10.8 Å². The Bertz CT molecular complexity index is 1390. The number of aliphatic carboxylic acids is 1. The summed E-state index contributed by atoms with van der Waals surface area (Å²) in [5.41, 5.74) is -4.09. The number of carboxylic acids is 1. The Morgan fingerprint density at radius 3 is 1.85 bits per heavy atom. The number of nitrogens with zero attached hydrogens (tertiary/aromatic N) is 4. The van der Waals surface area contributed by atoms with Crippen LogP contribution in [0.5, 0.6) is 0 Å². The van der Waals surface area contributed by atoms with E-state index in [0.29, 0.717) is 24.2 Å². The van der Waals surface area contributed by atoms with Gasteiger partial charge in [0.25, 0.3) is 0 Å².